The molecular formula is C19H22N4O2. The van der Waals surface area contributed by atoms with Crippen LogP contribution in [0, 0.1) is 5.92 Å². The van der Waals surface area contributed by atoms with Gasteiger partial charge in [0.25, 0.3) is 0 Å². The molecule has 0 saturated carbocycles. The number of carbonyl (C=O) groups excluding carboxylic acids is 2. The van der Waals surface area contributed by atoms with Crippen molar-refractivity contribution in [3.8, 4) is 0 Å². The number of aromatic nitrogens is 2. The van der Waals surface area contributed by atoms with E-state index in [1.165, 1.54) is 0 Å². The first kappa shape index (κ1) is 15.9. The summed E-state index contributed by atoms with van der Waals surface area (Å²) in [5, 5.41) is 3.17. The predicted molar refractivity (Wildman–Crippen MR) is 92.5 cm³/mol. The van der Waals surface area contributed by atoms with Gasteiger partial charge in [-0.2, -0.15) is 0 Å². The van der Waals surface area contributed by atoms with E-state index in [9.17, 15) is 9.59 Å². The summed E-state index contributed by atoms with van der Waals surface area (Å²) in [6, 6.07) is 9.70. The monoisotopic (exact) mass is 338 g/mol. The third-order valence-electron chi connectivity index (χ3n) is 5.35. The number of likely N-dealkylation sites (tertiary alicyclic amines) is 1. The molecular weight excluding hydrogens is 316 g/mol. The highest BCUT2D eigenvalue weighted by Gasteiger charge is 2.43. The summed E-state index contributed by atoms with van der Waals surface area (Å²) in [4.78, 5) is 31.2. The van der Waals surface area contributed by atoms with E-state index < -0.39 is 0 Å². The molecule has 0 spiro atoms. The molecule has 3 heterocycles. The van der Waals surface area contributed by atoms with Gasteiger partial charge in [-0.15, -0.1) is 0 Å². The Labute approximate surface area is 146 Å². The van der Waals surface area contributed by atoms with Crippen molar-refractivity contribution in [3.05, 3.63) is 54.1 Å². The van der Waals surface area contributed by atoms with Crippen LogP contribution in [-0.4, -0.2) is 39.4 Å². The van der Waals surface area contributed by atoms with Gasteiger partial charge >= 0.3 is 0 Å². The Morgan fingerprint density at radius 3 is 2.88 bits per heavy atom. The van der Waals surface area contributed by atoms with Gasteiger partial charge in [-0.3, -0.25) is 9.59 Å². The summed E-state index contributed by atoms with van der Waals surface area (Å²) in [5.41, 5.74) is 1.01. The fraction of sp³-hybridized carbons (Fsp3) is 0.421. The summed E-state index contributed by atoms with van der Waals surface area (Å²) in [6.07, 6.45) is 5.77. The molecule has 4 rings (SSSR count). The topological polar surface area (TPSA) is 67.2 Å². The highest BCUT2D eigenvalue weighted by atomic mass is 16.2. The van der Waals surface area contributed by atoms with E-state index in [1.807, 2.05) is 36.5 Å². The van der Waals surface area contributed by atoms with Crippen molar-refractivity contribution in [1.82, 2.24) is 19.8 Å². The molecule has 2 aromatic rings. The van der Waals surface area contributed by atoms with Gasteiger partial charge in [0, 0.05) is 44.9 Å². The molecule has 3 atom stereocenters. The molecule has 25 heavy (non-hydrogen) atoms. The van der Waals surface area contributed by atoms with Crippen LogP contribution in [0.2, 0.25) is 0 Å². The van der Waals surface area contributed by atoms with Crippen LogP contribution in [0.1, 0.15) is 30.3 Å². The number of hydrogen-bond acceptors (Lipinski definition) is 3. The molecule has 130 valence electrons. The molecule has 2 aliphatic rings. The highest BCUT2D eigenvalue weighted by Crippen LogP contribution is 2.37. The maximum atomic E-state index is 12.9. The minimum atomic E-state index is -0.343. The van der Waals surface area contributed by atoms with E-state index in [0.29, 0.717) is 0 Å². The highest BCUT2D eigenvalue weighted by molar-refractivity contribution is 5.90. The number of fused-ring (bicyclic) bond motifs is 1. The molecule has 1 aromatic carbocycles. The van der Waals surface area contributed by atoms with Crippen LogP contribution >= 0.6 is 0 Å². The molecule has 2 aliphatic heterocycles. The molecule has 0 radical (unpaired) electrons. The van der Waals surface area contributed by atoms with Gasteiger partial charge in [0.15, 0.2) is 0 Å². The Morgan fingerprint density at radius 1 is 1.28 bits per heavy atom. The predicted octanol–water partition coefficient (Wildman–Crippen LogP) is 1.53. The first-order valence-corrected chi connectivity index (χ1v) is 8.74. The second-order valence-electron chi connectivity index (χ2n) is 6.91. The van der Waals surface area contributed by atoms with Crippen LogP contribution in [0.5, 0.6) is 0 Å². The van der Waals surface area contributed by atoms with E-state index in [2.05, 4.69) is 14.9 Å². The number of rotatable bonds is 3. The van der Waals surface area contributed by atoms with E-state index >= 15 is 0 Å². The van der Waals surface area contributed by atoms with E-state index in [4.69, 9.17) is 0 Å². The lowest BCUT2D eigenvalue weighted by Gasteiger charge is -2.28. The number of nitrogens with one attached hydrogen (secondary N) is 1. The van der Waals surface area contributed by atoms with E-state index in [1.54, 1.807) is 18.1 Å². The van der Waals surface area contributed by atoms with Crippen molar-refractivity contribution >= 4 is 11.8 Å². The lowest BCUT2D eigenvalue weighted by molar-refractivity contribution is -0.128. The second-order valence-corrected chi connectivity index (χ2v) is 6.91. The minimum Gasteiger partial charge on any atom is -0.351 e. The fourth-order valence-corrected chi connectivity index (χ4v) is 4.00. The average Bonchev–Trinajstić information content (AvgIpc) is 3.20. The van der Waals surface area contributed by atoms with Gasteiger partial charge in [-0.05, 0) is 12.0 Å². The number of imidazole rings is 1. The summed E-state index contributed by atoms with van der Waals surface area (Å²) in [6.45, 7) is 0.744. The molecule has 0 aliphatic carbocycles. The third kappa shape index (κ3) is 2.92. The average molecular weight is 338 g/mol. The first-order valence-electron chi connectivity index (χ1n) is 8.74. The Kier molecular flexibility index (Phi) is 4.03. The number of hydrogen-bond donors (Lipinski definition) is 1. The zero-order valence-electron chi connectivity index (χ0n) is 14.3. The molecule has 1 fully saturated rings. The van der Waals surface area contributed by atoms with Crippen molar-refractivity contribution in [3.63, 3.8) is 0 Å². The van der Waals surface area contributed by atoms with Crippen molar-refractivity contribution < 1.29 is 9.59 Å². The van der Waals surface area contributed by atoms with Crippen molar-refractivity contribution in [2.24, 2.45) is 5.92 Å². The van der Waals surface area contributed by atoms with Gasteiger partial charge in [0.1, 0.15) is 5.82 Å². The smallest absolute Gasteiger partial charge is 0.226 e. The minimum absolute atomic E-state index is 0.0227. The van der Waals surface area contributed by atoms with Gasteiger partial charge < -0.3 is 14.8 Å². The zero-order valence-corrected chi connectivity index (χ0v) is 14.3. The summed E-state index contributed by atoms with van der Waals surface area (Å²) in [7, 11) is 1.78. The normalized spacial score (nSPS) is 25.7. The lowest BCUT2D eigenvalue weighted by Crippen LogP contribution is -2.44. The quantitative estimate of drug-likeness (QED) is 0.923. The van der Waals surface area contributed by atoms with Crippen molar-refractivity contribution in [2.45, 2.75) is 37.9 Å². The molecule has 1 saturated heterocycles. The first-order chi connectivity index (χ1) is 12.1. The maximum absolute atomic E-state index is 12.9. The second kappa shape index (κ2) is 6.35. The molecule has 1 aromatic heterocycles. The Balaban J connectivity index is 1.50. The molecule has 6 nitrogen and oxygen atoms in total. The van der Waals surface area contributed by atoms with Crippen molar-refractivity contribution in [1.29, 1.82) is 0 Å². The summed E-state index contributed by atoms with van der Waals surface area (Å²) in [5.74, 6) is 0.724. The van der Waals surface area contributed by atoms with Crippen LogP contribution in [0.3, 0.4) is 0 Å². The van der Waals surface area contributed by atoms with Crippen LogP contribution in [0.25, 0.3) is 0 Å². The van der Waals surface area contributed by atoms with E-state index in [-0.39, 0.29) is 36.2 Å². The Bertz CT molecular complexity index is 786. The largest absolute Gasteiger partial charge is 0.351 e. The fourth-order valence-electron chi connectivity index (χ4n) is 4.00. The van der Waals surface area contributed by atoms with Gasteiger partial charge in [0.05, 0.1) is 12.0 Å². The van der Waals surface area contributed by atoms with Crippen LogP contribution in [0.15, 0.2) is 42.7 Å². The van der Waals surface area contributed by atoms with Crippen LogP contribution in [0.4, 0.5) is 0 Å². The van der Waals surface area contributed by atoms with Crippen LogP contribution < -0.4 is 5.32 Å². The van der Waals surface area contributed by atoms with Gasteiger partial charge in [-0.1, -0.05) is 30.3 Å². The van der Waals surface area contributed by atoms with Crippen molar-refractivity contribution in [2.75, 3.05) is 7.05 Å². The number of nitrogens with zero attached hydrogens (tertiary/aromatic N) is 3. The number of amides is 2. The maximum Gasteiger partial charge on any atom is 0.226 e. The number of aryl methyl sites for hydroxylation is 1. The Hall–Kier alpha value is -2.63. The van der Waals surface area contributed by atoms with E-state index in [0.717, 1.165) is 30.8 Å². The molecule has 2 amide bonds. The SMILES string of the molecule is CN1C(=O)CC(C(=O)NC2CCc3nccn3C2)C1c1ccccc1. The molecule has 1 N–H and O–H groups in total. The van der Waals surface area contributed by atoms with Gasteiger partial charge in [0.2, 0.25) is 11.8 Å². The number of benzene rings is 1. The number of carbonyl (C=O) groups is 2. The standard InChI is InChI=1S/C19H22N4O2/c1-22-17(24)11-15(18(22)13-5-3-2-4-6-13)19(25)21-14-7-8-16-20-9-10-23(16)12-14/h2-6,9-10,14-15,18H,7-8,11-12H2,1H3,(H,21,25). The molecule has 3 unspecified atom stereocenters. The third-order valence-corrected chi connectivity index (χ3v) is 5.35. The molecule has 0 bridgehead atoms. The van der Waals surface area contributed by atoms with Crippen LogP contribution in [-0.2, 0) is 22.6 Å². The summed E-state index contributed by atoms with van der Waals surface area (Å²) >= 11 is 0. The van der Waals surface area contributed by atoms with Gasteiger partial charge in [-0.25, -0.2) is 4.98 Å². The lowest BCUT2D eigenvalue weighted by atomic mass is 9.92. The Morgan fingerprint density at radius 2 is 2.08 bits per heavy atom. The zero-order chi connectivity index (χ0) is 17.4. The summed E-state index contributed by atoms with van der Waals surface area (Å²) < 4.78 is 2.09. The molecule has 6 heteroatoms.